The Morgan fingerprint density at radius 3 is 2.77 bits per heavy atom. The second-order valence-corrected chi connectivity index (χ2v) is 7.57. The zero-order chi connectivity index (χ0) is 18.4. The van der Waals surface area contributed by atoms with Crippen LogP contribution in [0.25, 0.3) is 11.3 Å². The normalized spacial score (nSPS) is 31.2. The highest BCUT2D eigenvalue weighted by Gasteiger charge is 2.91. The lowest BCUT2D eigenvalue weighted by molar-refractivity contribution is -0.274. The number of anilines is 1. The van der Waals surface area contributed by atoms with Gasteiger partial charge in [0.15, 0.2) is 11.6 Å². The van der Waals surface area contributed by atoms with Crippen LogP contribution in [0.4, 0.5) is 19.0 Å². The molecule has 2 bridgehead atoms. The minimum atomic E-state index is -4.82. The van der Waals surface area contributed by atoms with Crippen LogP contribution in [-0.2, 0) is 5.54 Å². The Hall–Kier alpha value is -2.29. The van der Waals surface area contributed by atoms with Crippen molar-refractivity contribution in [2.45, 2.75) is 37.7 Å². The van der Waals surface area contributed by atoms with Crippen molar-refractivity contribution < 1.29 is 17.9 Å². The Morgan fingerprint density at radius 1 is 1.42 bits per heavy atom. The second-order valence-electron chi connectivity index (χ2n) is 7.57. The quantitative estimate of drug-likeness (QED) is 0.870. The third-order valence-corrected chi connectivity index (χ3v) is 5.83. The van der Waals surface area contributed by atoms with Crippen LogP contribution in [-0.4, -0.2) is 33.5 Å². The van der Waals surface area contributed by atoms with E-state index in [9.17, 15) is 13.2 Å². The number of nitrogens with zero attached hydrogens (tertiary/aromatic N) is 3. The molecule has 0 aromatic carbocycles. The van der Waals surface area contributed by atoms with Gasteiger partial charge < -0.3 is 20.4 Å². The number of pyridine rings is 1. The first kappa shape index (κ1) is 15.9. The molecule has 2 saturated carbocycles. The molecule has 0 radical (unpaired) electrons. The van der Waals surface area contributed by atoms with E-state index in [4.69, 9.17) is 10.7 Å². The smallest absolute Gasteiger partial charge is 0.402 e. The molecule has 4 fully saturated rings. The summed E-state index contributed by atoms with van der Waals surface area (Å²) in [5, 5.41) is 3.50. The molecule has 3 N–H and O–H groups in total. The molecule has 26 heavy (non-hydrogen) atoms. The van der Waals surface area contributed by atoms with Crippen molar-refractivity contribution in [2.75, 3.05) is 12.3 Å². The van der Waals surface area contributed by atoms with Crippen LogP contribution in [0.3, 0.4) is 0 Å². The fourth-order valence-corrected chi connectivity index (χ4v) is 4.64. The number of rotatable bonds is 4. The van der Waals surface area contributed by atoms with Crippen molar-refractivity contribution in [1.82, 2.24) is 19.9 Å². The zero-order valence-electron chi connectivity index (χ0n) is 14.2. The summed E-state index contributed by atoms with van der Waals surface area (Å²) in [6, 6.07) is 1.75. The molecule has 0 amide bonds. The fourth-order valence-electron chi connectivity index (χ4n) is 4.64. The molecule has 138 valence electrons. The van der Waals surface area contributed by atoms with Crippen molar-refractivity contribution in [3.05, 3.63) is 24.3 Å². The van der Waals surface area contributed by atoms with Gasteiger partial charge in [-0.15, -0.1) is 13.2 Å². The molecule has 6 nitrogen and oxygen atoms in total. The summed E-state index contributed by atoms with van der Waals surface area (Å²) in [6.45, 7) is 5.15. The van der Waals surface area contributed by atoms with Crippen molar-refractivity contribution in [3.63, 3.8) is 0 Å². The number of halogens is 3. The maximum Gasteiger partial charge on any atom is 0.573 e. The van der Waals surface area contributed by atoms with Crippen molar-refractivity contribution >= 4 is 5.82 Å². The minimum Gasteiger partial charge on any atom is -0.402 e. The van der Waals surface area contributed by atoms with Gasteiger partial charge in [0.25, 0.3) is 0 Å². The molecule has 9 heteroatoms. The van der Waals surface area contributed by atoms with Crippen molar-refractivity contribution in [3.8, 4) is 17.0 Å². The summed E-state index contributed by atoms with van der Waals surface area (Å²) in [5.41, 5.74) is 6.68. The highest BCUT2D eigenvalue weighted by atomic mass is 19.4. The van der Waals surface area contributed by atoms with Gasteiger partial charge in [0.1, 0.15) is 5.82 Å². The van der Waals surface area contributed by atoms with Gasteiger partial charge in [-0.05, 0) is 6.07 Å². The number of alkyl halides is 3. The highest BCUT2D eigenvalue weighted by Crippen LogP contribution is 2.80. The first-order valence-corrected chi connectivity index (χ1v) is 8.58. The number of fused-ring (bicyclic) bond motifs is 1. The van der Waals surface area contributed by atoms with E-state index in [1.807, 2.05) is 6.20 Å². The fraction of sp³-hybridized carbons (Fsp3) is 0.529. The number of nitrogen functional groups attached to an aromatic ring is 1. The monoisotopic (exact) mass is 365 g/mol. The van der Waals surface area contributed by atoms with Gasteiger partial charge in [-0.2, -0.15) is 0 Å². The number of aromatic nitrogens is 3. The standard InChI is InChI=1S/C17H18F3N5O/c1-7(2)15-24-10(6-25(15)16-9-5-22-13(16)12(9)16)8-3-11(14(21)23-4-8)26-17(18,19)20/h3-4,6-7,9,12-13,22H,5H2,1-2H3,(H2,21,23)/t9-,12-,13?,16-/m1/s1. The van der Waals surface area contributed by atoms with E-state index in [0.717, 1.165) is 12.4 Å². The van der Waals surface area contributed by atoms with Gasteiger partial charge >= 0.3 is 6.36 Å². The predicted octanol–water partition coefficient (Wildman–Crippen LogP) is 2.48. The van der Waals surface area contributed by atoms with E-state index < -0.39 is 12.1 Å². The maximum absolute atomic E-state index is 12.6. The molecule has 6 rings (SSSR count). The highest BCUT2D eigenvalue weighted by molar-refractivity contribution is 5.64. The number of piperidine rings is 1. The van der Waals surface area contributed by atoms with Crippen LogP contribution >= 0.6 is 0 Å². The molecule has 2 saturated heterocycles. The van der Waals surface area contributed by atoms with Gasteiger partial charge in [0.05, 0.1) is 11.2 Å². The summed E-state index contributed by atoms with van der Waals surface area (Å²) >= 11 is 0. The van der Waals surface area contributed by atoms with Crippen LogP contribution in [0.15, 0.2) is 18.5 Å². The molecule has 2 aliphatic carbocycles. The molecule has 4 heterocycles. The van der Waals surface area contributed by atoms with E-state index in [1.165, 1.54) is 12.3 Å². The van der Waals surface area contributed by atoms with Crippen molar-refractivity contribution in [2.24, 2.45) is 11.8 Å². The molecular weight excluding hydrogens is 347 g/mol. The Labute approximate surface area is 147 Å². The average molecular weight is 365 g/mol. The van der Waals surface area contributed by atoms with E-state index in [1.54, 1.807) is 0 Å². The largest absolute Gasteiger partial charge is 0.573 e. The van der Waals surface area contributed by atoms with Crippen LogP contribution in [0, 0.1) is 11.8 Å². The molecule has 4 aliphatic rings. The molecule has 0 spiro atoms. The first-order chi connectivity index (χ1) is 12.2. The molecule has 2 aromatic rings. The summed E-state index contributed by atoms with van der Waals surface area (Å²) in [5.74, 6) is 1.63. The maximum atomic E-state index is 12.6. The number of hydrogen-bond donors (Lipinski definition) is 2. The number of imidazole rings is 1. The Kier molecular flexibility index (Phi) is 2.88. The Morgan fingerprint density at radius 2 is 2.19 bits per heavy atom. The van der Waals surface area contributed by atoms with Crippen molar-refractivity contribution in [1.29, 1.82) is 0 Å². The third-order valence-electron chi connectivity index (χ3n) is 5.83. The molecule has 1 unspecified atom stereocenters. The average Bonchev–Trinajstić information content (AvgIpc) is 3.08. The Balaban J connectivity index is 1.54. The molecule has 2 aromatic heterocycles. The number of hydrogen-bond acceptors (Lipinski definition) is 5. The second kappa shape index (κ2) is 4.70. The number of nitrogens with one attached hydrogen (secondary N) is 1. The van der Waals surface area contributed by atoms with E-state index in [-0.39, 0.29) is 17.3 Å². The SMILES string of the molecule is CC(C)c1nc(-c2cnc(N)c(OC(F)(F)F)c2)cn1[C@]12C3NC[C@@H]1[C@H]32. The predicted molar refractivity (Wildman–Crippen MR) is 87.4 cm³/mol. The number of nitrogens with two attached hydrogens (primary N) is 1. The lowest BCUT2D eigenvalue weighted by Gasteiger charge is -2.15. The summed E-state index contributed by atoms with van der Waals surface area (Å²) in [7, 11) is 0. The lowest BCUT2D eigenvalue weighted by Crippen LogP contribution is -2.22. The van der Waals surface area contributed by atoms with E-state index >= 15 is 0 Å². The summed E-state index contributed by atoms with van der Waals surface area (Å²) in [4.78, 5) is 8.54. The molecular formula is C17H18F3N5O. The number of ether oxygens (including phenoxy) is 1. The first-order valence-electron chi connectivity index (χ1n) is 8.58. The van der Waals surface area contributed by atoms with Crippen LogP contribution in [0.5, 0.6) is 5.75 Å². The van der Waals surface area contributed by atoms with Crippen LogP contribution < -0.4 is 15.8 Å². The molecule has 4 atom stereocenters. The summed E-state index contributed by atoms with van der Waals surface area (Å²) in [6.07, 6.45) is -1.47. The van der Waals surface area contributed by atoms with Gasteiger partial charge in [0, 0.05) is 48.3 Å². The van der Waals surface area contributed by atoms with Gasteiger partial charge in [0.2, 0.25) is 0 Å². The van der Waals surface area contributed by atoms with E-state index in [0.29, 0.717) is 29.1 Å². The Bertz CT molecular complexity index is 885. The van der Waals surface area contributed by atoms with Crippen LogP contribution in [0.1, 0.15) is 25.6 Å². The van der Waals surface area contributed by atoms with Crippen LogP contribution in [0.2, 0.25) is 0 Å². The van der Waals surface area contributed by atoms with E-state index in [2.05, 4.69) is 33.5 Å². The zero-order valence-corrected chi connectivity index (χ0v) is 14.2. The lowest BCUT2D eigenvalue weighted by atomic mass is 10.1. The van der Waals surface area contributed by atoms with Gasteiger partial charge in [-0.1, -0.05) is 13.8 Å². The van der Waals surface area contributed by atoms with Gasteiger partial charge in [-0.3, -0.25) is 0 Å². The molecule has 2 aliphatic heterocycles. The summed E-state index contributed by atoms with van der Waals surface area (Å²) < 4.78 is 43.9. The topological polar surface area (TPSA) is 78.0 Å². The van der Waals surface area contributed by atoms with Gasteiger partial charge in [-0.25, -0.2) is 9.97 Å². The third kappa shape index (κ3) is 1.97. The minimum absolute atomic E-state index is 0.122.